The maximum absolute atomic E-state index is 13.5. The van der Waals surface area contributed by atoms with E-state index in [-0.39, 0.29) is 29.5 Å². The van der Waals surface area contributed by atoms with Crippen LogP contribution in [-0.2, 0) is 18.3 Å². The Labute approximate surface area is 209 Å². The Morgan fingerprint density at radius 1 is 1.25 bits per heavy atom. The fourth-order valence-electron chi connectivity index (χ4n) is 4.64. The summed E-state index contributed by atoms with van der Waals surface area (Å²) >= 11 is 0. The molecule has 4 heterocycles. The minimum absolute atomic E-state index is 0.109. The molecule has 0 unspecified atom stereocenters. The molecule has 3 aromatic heterocycles. The molecule has 1 fully saturated rings. The van der Waals surface area contributed by atoms with E-state index >= 15 is 0 Å². The van der Waals surface area contributed by atoms with Crippen LogP contribution < -0.4 is 15.6 Å². The summed E-state index contributed by atoms with van der Waals surface area (Å²) in [5.74, 6) is 0.310. The Morgan fingerprint density at radius 3 is 2.58 bits per heavy atom. The minimum Gasteiger partial charge on any atom is -0.486 e. The van der Waals surface area contributed by atoms with Gasteiger partial charge in [0.15, 0.2) is 11.4 Å². The lowest BCUT2D eigenvalue weighted by Crippen LogP contribution is -2.47. The van der Waals surface area contributed by atoms with Crippen LogP contribution in [0.15, 0.2) is 35.3 Å². The Kier molecular flexibility index (Phi) is 7.44. The van der Waals surface area contributed by atoms with Crippen molar-refractivity contribution in [3.63, 3.8) is 0 Å². The summed E-state index contributed by atoms with van der Waals surface area (Å²) < 4.78 is 9.43. The molecule has 10 nitrogen and oxygen atoms in total. The number of ether oxygens (including phenoxy) is 1. The summed E-state index contributed by atoms with van der Waals surface area (Å²) in [5, 5.41) is 12.2. The third-order valence-corrected chi connectivity index (χ3v) is 6.50. The summed E-state index contributed by atoms with van der Waals surface area (Å²) in [6, 6.07) is 6.80. The van der Waals surface area contributed by atoms with Crippen molar-refractivity contribution >= 4 is 22.8 Å². The Bertz CT molecular complexity index is 1330. The first-order valence-corrected chi connectivity index (χ1v) is 12.3. The van der Waals surface area contributed by atoms with Crippen LogP contribution in [0.2, 0.25) is 0 Å². The summed E-state index contributed by atoms with van der Waals surface area (Å²) in [7, 11) is 1.81. The molecule has 192 valence electrons. The van der Waals surface area contributed by atoms with Gasteiger partial charge in [0, 0.05) is 38.4 Å². The van der Waals surface area contributed by atoms with Crippen LogP contribution in [0.25, 0.3) is 16.9 Å². The highest BCUT2D eigenvalue weighted by atomic mass is 16.5. The molecule has 1 aliphatic heterocycles. The first kappa shape index (κ1) is 25.4. The fourth-order valence-corrected chi connectivity index (χ4v) is 4.64. The smallest absolute Gasteiger partial charge is 0.272 e. The van der Waals surface area contributed by atoms with E-state index in [2.05, 4.69) is 5.32 Å². The van der Waals surface area contributed by atoms with E-state index in [4.69, 9.17) is 14.8 Å². The highest BCUT2D eigenvalue weighted by Crippen LogP contribution is 2.34. The number of aryl methyl sites for hydroxylation is 2. The zero-order valence-electron chi connectivity index (χ0n) is 21.2. The number of carbonyl (C=O) groups excluding carboxylic acids is 2. The lowest BCUT2D eigenvalue weighted by Gasteiger charge is -2.32. The summed E-state index contributed by atoms with van der Waals surface area (Å²) in [6.07, 6.45) is 3.33. The lowest BCUT2D eigenvalue weighted by atomic mass is 10.0. The molecule has 4 rings (SSSR count). The van der Waals surface area contributed by atoms with E-state index in [1.807, 2.05) is 33.9 Å². The van der Waals surface area contributed by atoms with Gasteiger partial charge < -0.3 is 24.6 Å². The molecule has 36 heavy (non-hydrogen) atoms. The zero-order chi connectivity index (χ0) is 26.0. The monoisotopic (exact) mass is 495 g/mol. The molecule has 0 radical (unpaired) electrons. The van der Waals surface area contributed by atoms with Crippen molar-refractivity contribution in [1.82, 2.24) is 24.3 Å². The average Bonchev–Trinajstić information content (AvgIpc) is 3.13. The number of hydrogen-bond acceptors (Lipinski definition) is 6. The van der Waals surface area contributed by atoms with Crippen LogP contribution in [-0.4, -0.2) is 67.8 Å². The van der Waals surface area contributed by atoms with Gasteiger partial charge in [0.05, 0.1) is 11.6 Å². The number of nitrogens with zero attached hydrogens (tertiary/aromatic N) is 4. The van der Waals surface area contributed by atoms with Gasteiger partial charge >= 0.3 is 0 Å². The van der Waals surface area contributed by atoms with E-state index in [9.17, 15) is 14.4 Å². The predicted molar refractivity (Wildman–Crippen MR) is 136 cm³/mol. The molecule has 0 aliphatic carbocycles. The number of aromatic nitrogens is 3. The van der Waals surface area contributed by atoms with Crippen LogP contribution >= 0.6 is 0 Å². The molecule has 0 saturated carbocycles. The van der Waals surface area contributed by atoms with Gasteiger partial charge in [0.25, 0.3) is 11.5 Å². The van der Waals surface area contributed by atoms with Gasteiger partial charge in [-0.2, -0.15) is 0 Å². The van der Waals surface area contributed by atoms with Crippen molar-refractivity contribution in [2.24, 2.45) is 7.05 Å². The summed E-state index contributed by atoms with van der Waals surface area (Å²) in [4.78, 5) is 44.3. The lowest BCUT2D eigenvalue weighted by molar-refractivity contribution is -0.135. The highest BCUT2D eigenvalue weighted by Gasteiger charge is 2.29. The van der Waals surface area contributed by atoms with Crippen LogP contribution in [0.5, 0.6) is 5.75 Å². The molecule has 2 amide bonds. The highest BCUT2D eigenvalue weighted by molar-refractivity contribution is 6.03. The van der Waals surface area contributed by atoms with E-state index in [1.165, 1.54) is 10.6 Å². The van der Waals surface area contributed by atoms with E-state index in [1.54, 1.807) is 27.8 Å². The molecular weight excluding hydrogens is 462 g/mol. The first-order valence-electron chi connectivity index (χ1n) is 12.3. The number of nitrogens with one attached hydrogen (secondary N) is 1. The number of likely N-dealkylation sites (tertiary alicyclic amines) is 1. The van der Waals surface area contributed by atoms with Gasteiger partial charge in [0.2, 0.25) is 5.91 Å². The molecule has 1 saturated heterocycles. The fraction of sp³-hybridized carbons (Fsp3) is 0.462. The SMILES string of the molecule is CCc1cc2c(nc1-n1ccccc1=O)c(OC(C)C)c(C(=O)NC1CCN(C(=O)CO)CC1)n2C. The predicted octanol–water partition coefficient (Wildman–Crippen LogP) is 1.79. The molecular formula is C26H33N5O5. The van der Waals surface area contributed by atoms with Gasteiger partial charge in [-0.05, 0) is 50.8 Å². The number of rotatable bonds is 7. The molecule has 0 bridgehead atoms. The molecule has 0 spiro atoms. The number of pyridine rings is 2. The number of amides is 2. The number of carbonyl (C=O) groups is 2. The van der Waals surface area contributed by atoms with Gasteiger partial charge in [-0.3, -0.25) is 19.0 Å². The number of aliphatic hydroxyl groups is 1. The minimum atomic E-state index is -0.507. The zero-order valence-corrected chi connectivity index (χ0v) is 21.2. The third-order valence-electron chi connectivity index (χ3n) is 6.50. The molecule has 2 N–H and O–H groups in total. The van der Waals surface area contributed by atoms with Gasteiger partial charge in [-0.1, -0.05) is 13.0 Å². The van der Waals surface area contributed by atoms with Crippen molar-refractivity contribution in [1.29, 1.82) is 0 Å². The van der Waals surface area contributed by atoms with Crippen molar-refractivity contribution < 1.29 is 19.4 Å². The molecule has 10 heteroatoms. The second kappa shape index (κ2) is 10.5. The average molecular weight is 496 g/mol. The summed E-state index contributed by atoms with van der Waals surface area (Å²) in [6.45, 7) is 6.22. The summed E-state index contributed by atoms with van der Waals surface area (Å²) in [5.41, 5.74) is 2.30. The molecule has 0 atom stereocenters. The van der Waals surface area contributed by atoms with Crippen LogP contribution in [0.1, 0.15) is 49.7 Å². The molecule has 3 aromatic rings. The maximum atomic E-state index is 13.5. The third kappa shape index (κ3) is 4.86. The van der Waals surface area contributed by atoms with Crippen LogP contribution in [0.4, 0.5) is 0 Å². The van der Waals surface area contributed by atoms with Crippen LogP contribution in [0, 0.1) is 0 Å². The maximum Gasteiger partial charge on any atom is 0.272 e. The van der Waals surface area contributed by atoms with E-state index in [0.717, 1.165) is 11.1 Å². The largest absolute Gasteiger partial charge is 0.486 e. The molecule has 0 aromatic carbocycles. The second-order valence-corrected chi connectivity index (χ2v) is 9.29. The van der Waals surface area contributed by atoms with Crippen LogP contribution in [0.3, 0.4) is 0 Å². The van der Waals surface area contributed by atoms with Gasteiger partial charge in [-0.15, -0.1) is 0 Å². The number of piperidine rings is 1. The van der Waals surface area contributed by atoms with Crippen molar-refractivity contribution in [2.45, 2.75) is 52.2 Å². The number of hydrogen-bond donors (Lipinski definition) is 2. The topological polar surface area (TPSA) is 119 Å². The second-order valence-electron chi connectivity index (χ2n) is 9.29. The van der Waals surface area contributed by atoms with E-state index < -0.39 is 6.61 Å². The first-order chi connectivity index (χ1) is 17.2. The van der Waals surface area contributed by atoms with Crippen molar-refractivity contribution in [3.05, 3.63) is 52.1 Å². The van der Waals surface area contributed by atoms with Gasteiger partial charge in [-0.25, -0.2) is 4.98 Å². The number of fused-ring (bicyclic) bond motifs is 1. The Balaban J connectivity index is 1.74. The van der Waals surface area contributed by atoms with Gasteiger partial charge in [0.1, 0.15) is 17.9 Å². The Morgan fingerprint density at radius 2 is 1.97 bits per heavy atom. The van der Waals surface area contributed by atoms with Crippen molar-refractivity contribution in [2.75, 3.05) is 19.7 Å². The quantitative estimate of drug-likeness (QED) is 0.516. The van der Waals surface area contributed by atoms with Crippen molar-refractivity contribution in [3.8, 4) is 11.6 Å². The standard InChI is InChI=1S/C26H33N5O5/c1-5-17-14-19-22(28-25(17)31-11-7-6-8-20(31)33)24(36-16(2)3)23(29(19)4)26(35)27-18-9-12-30(13-10-18)21(34)15-32/h6-8,11,14,16,18,32H,5,9-10,12-13,15H2,1-4H3,(H,27,35). The Hall–Kier alpha value is -3.66. The molecule has 1 aliphatic rings. The normalized spacial score (nSPS) is 14.4. The number of aliphatic hydroxyl groups excluding tert-OH is 1. The van der Waals surface area contributed by atoms with E-state index in [0.29, 0.717) is 55.1 Å².